The Kier molecular flexibility index (Phi) is 5.85. The SMILES string of the molecule is Cc1cccc(C=C2Oc3ccccc3N(CC(=O)NC(C)c3ccccc3)C2=O)c1. The monoisotopic (exact) mass is 412 g/mol. The van der Waals surface area contributed by atoms with Crippen LogP contribution in [0.5, 0.6) is 5.75 Å². The van der Waals surface area contributed by atoms with Crippen molar-refractivity contribution in [1.29, 1.82) is 0 Å². The Bertz CT molecular complexity index is 1140. The largest absolute Gasteiger partial charge is 0.449 e. The molecule has 0 saturated carbocycles. The van der Waals surface area contributed by atoms with Crippen LogP contribution in [0.2, 0.25) is 0 Å². The lowest BCUT2D eigenvalue weighted by atomic mass is 10.1. The predicted octanol–water partition coefficient (Wildman–Crippen LogP) is 4.64. The van der Waals surface area contributed by atoms with E-state index >= 15 is 0 Å². The van der Waals surface area contributed by atoms with Gasteiger partial charge in [0, 0.05) is 0 Å². The molecule has 0 aliphatic carbocycles. The average Bonchev–Trinajstić information content (AvgIpc) is 2.77. The number of carbonyl (C=O) groups excluding carboxylic acids is 2. The van der Waals surface area contributed by atoms with Crippen LogP contribution in [0.3, 0.4) is 0 Å². The van der Waals surface area contributed by atoms with Gasteiger partial charge in [-0.3, -0.25) is 14.5 Å². The molecule has 5 heteroatoms. The summed E-state index contributed by atoms with van der Waals surface area (Å²) in [6.45, 7) is 3.82. The van der Waals surface area contributed by atoms with Crippen molar-refractivity contribution in [2.45, 2.75) is 19.9 Å². The summed E-state index contributed by atoms with van der Waals surface area (Å²) in [5.74, 6) is 0.150. The molecule has 1 aliphatic rings. The Morgan fingerprint density at radius 3 is 2.55 bits per heavy atom. The molecule has 0 bridgehead atoms. The number of rotatable bonds is 5. The smallest absolute Gasteiger partial charge is 0.294 e. The van der Waals surface area contributed by atoms with Gasteiger partial charge in [-0.05, 0) is 43.2 Å². The fraction of sp³-hybridized carbons (Fsp3) is 0.154. The van der Waals surface area contributed by atoms with E-state index in [1.807, 2.05) is 80.6 Å². The first-order chi connectivity index (χ1) is 15.0. The Balaban J connectivity index is 1.58. The second-order valence-corrected chi connectivity index (χ2v) is 7.58. The van der Waals surface area contributed by atoms with E-state index in [9.17, 15) is 9.59 Å². The van der Waals surface area contributed by atoms with E-state index in [-0.39, 0.29) is 30.2 Å². The first kappa shape index (κ1) is 20.4. The van der Waals surface area contributed by atoms with E-state index in [0.29, 0.717) is 11.4 Å². The van der Waals surface area contributed by atoms with Crippen LogP contribution in [0.15, 0.2) is 84.6 Å². The Morgan fingerprint density at radius 2 is 1.77 bits per heavy atom. The van der Waals surface area contributed by atoms with E-state index in [1.165, 1.54) is 4.90 Å². The number of carbonyl (C=O) groups is 2. The number of hydrogen-bond donors (Lipinski definition) is 1. The highest BCUT2D eigenvalue weighted by Gasteiger charge is 2.31. The maximum atomic E-state index is 13.2. The number of benzene rings is 3. The van der Waals surface area contributed by atoms with Gasteiger partial charge in [-0.1, -0.05) is 72.3 Å². The molecule has 1 aliphatic heterocycles. The fourth-order valence-corrected chi connectivity index (χ4v) is 3.59. The van der Waals surface area contributed by atoms with Gasteiger partial charge in [-0.15, -0.1) is 0 Å². The lowest BCUT2D eigenvalue weighted by Crippen LogP contribution is -2.44. The maximum absolute atomic E-state index is 13.2. The summed E-state index contributed by atoms with van der Waals surface area (Å²) in [6, 6.07) is 24.6. The zero-order valence-electron chi connectivity index (χ0n) is 17.5. The second kappa shape index (κ2) is 8.88. The predicted molar refractivity (Wildman–Crippen MR) is 122 cm³/mol. The minimum absolute atomic E-state index is 0.0957. The molecule has 0 saturated heterocycles. The number of anilines is 1. The minimum atomic E-state index is -0.345. The molecule has 0 spiro atoms. The first-order valence-corrected chi connectivity index (χ1v) is 10.2. The standard InChI is InChI=1S/C26H24N2O3/c1-18-9-8-10-20(15-18)16-24-26(30)28(22-13-6-7-14-23(22)31-24)17-25(29)27-19(2)21-11-4-3-5-12-21/h3-16,19H,17H2,1-2H3,(H,27,29). The number of amides is 2. The van der Waals surface area contributed by atoms with Crippen molar-refractivity contribution in [1.82, 2.24) is 5.32 Å². The fourth-order valence-electron chi connectivity index (χ4n) is 3.59. The molecule has 1 N–H and O–H groups in total. The van der Waals surface area contributed by atoms with Crippen molar-refractivity contribution in [3.05, 3.63) is 101 Å². The van der Waals surface area contributed by atoms with Crippen LogP contribution < -0.4 is 15.0 Å². The summed E-state index contributed by atoms with van der Waals surface area (Å²) < 4.78 is 5.89. The van der Waals surface area contributed by atoms with Crippen molar-refractivity contribution in [2.24, 2.45) is 0 Å². The van der Waals surface area contributed by atoms with Gasteiger partial charge in [0.25, 0.3) is 5.91 Å². The Morgan fingerprint density at radius 1 is 1.03 bits per heavy atom. The molecular weight excluding hydrogens is 388 g/mol. The molecular formula is C26H24N2O3. The lowest BCUT2D eigenvalue weighted by Gasteiger charge is -2.30. The van der Waals surface area contributed by atoms with Crippen LogP contribution in [0.1, 0.15) is 29.7 Å². The molecule has 0 fully saturated rings. The normalized spacial score (nSPS) is 15.2. The van der Waals surface area contributed by atoms with Crippen LogP contribution in [0, 0.1) is 6.92 Å². The van der Waals surface area contributed by atoms with E-state index in [1.54, 1.807) is 18.2 Å². The minimum Gasteiger partial charge on any atom is -0.449 e. The summed E-state index contributed by atoms with van der Waals surface area (Å²) in [6.07, 6.45) is 1.71. The van der Waals surface area contributed by atoms with Crippen molar-refractivity contribution < 1.29 is 14.3 Å². The molecule has 2 amide bonds. The highest BCUT2D eigenvalue weighted by molar-refractivity contribution is 6.12. The number of ether oxygens (including phenoxy) is 1. The van der Waals surface area contributed by atoms with Crippen molar-refractivity contribution in [3.8, 4) is 5.75 Å². The van der Waals surface area contributed by atoms with Crippen LogP contribution in [-0.2, 0) is 9.59 Å². The van der Waals surface area contributed by atoms with Gasteiger partial charge < -0.3 is 10.1 Å². The summed E-state index contributed by atoms with van der Waals surface area (Å²) >= 11 is 0. The molecule has 31 heavy (non-hydrogen) atoms. The highest BCUT2D eigenvalue weighted by Crippen LogP contribution is 2.35. The number of aryl methyl sites for hydroxylation is 1. The average molecular weight is 412 g/mol. The van der Waals surface area contributed by atoms with Crippen LogP contribution in [0.4, 0.5) is 5.69 Å². The van der Waals surface area contributed by atoms with Gasteiger partial charge in [0.15, 0.2) is 11.5 Å². The third kappa shape index (κ3) is 4.67. The summed E-state index contributed by atoms with van der Waals surface area (Å²) in [7, 11) is 0. The molecule has 0 radical (unpaired) electrons. The Labute approximate surface area is 182 Å². The molecule has 156 valence electrons. The molecule has 5 nitrogen and oxygen atoms in total. The Hall–Kier alpha value is -3.86. The second-order valence-electron chi connectivity index (χ2n) is 7.58. The number of nitrogens with one attached hydrogen (secondary N) is 1. The zero-order valence-corrected chi connectivity index (χ0v) is 17.5. The van der Waals surface area contributed by atoms with Gasteiger partial charge in [0.05, 0.1) is 11.7 Å². The van der Waals surface area contributed by atoms with Gasteiger partial charge in [-0.2, -0.15) is 0 Å². The molecule has 3 aromatic rings. The molecule has 3 aromatic carbocycles. The van der Waals surface area contributed by atoms with Crippen LogP contribution in [-0.4, -0.2) is 18.4 Å². The maximum Gasteiger partial charge on any atom is 0.294 e. The van der Waals surface area contributed by atoms with Gasteiger partial charge in [0.1, 0.15) is 6.54 Å². The van der Waals surface area contributed by atoms with Gasteiger partial charge >= 0.3 is 0 Å². The third-order valence-electron chi connectivity index (χ3n) is 5.15. The molecule has 1 atom stereocenters. The molecule has 1 heterocycles. The number of nitrogens with zero attached hydrogens (tertiary/aromatic N) is 1. The summed E-state index contributed by atoms with van der Waals surface area (Å²) in [4.78, 5) is 27.5. The lowest BCUT2D eigenvalue weighted by molar-refractivity contribution is -0.123. The molecule has 1 unspecified atom stereocenters. The highest BCUT2D eigenvalue weighted by atomic mass is 16.5. The van der Waals surface area contributed by atoms with Gasteiger partial charge in [0.2, 0.25) is 5.91 Å². The number of fused-ring (bicyclic) bond motifs is 1. The first-order valence-electron chi connectivity index (χ1n) is 10.2. The summed E-state index contributed by atoms with van der Waals surface area (Å²) in [5, 5.41) is 2.97. The number of hydrogen-bond acceptors (Lipinski definition) is 3. The van der Waals surface area contributed by atoms with Crippen LogP contribution in [0.25, 0.3) is 6.08 Å². The van der Waals surface area contributed by atoms with E-state index < -0.39 is 0 Å². The third-order valence-corrected chi connectivity index (χ3v) is 5.15. The quantitative estimate of drug-likeness (QED) is 0.621. The van der Waals surface area contributed by atoms with Crippen molar-refractivity contribution >= 4 is 23.6 Å². The van der Waals surface area contributed by atoms with E-state index in [0.717, 1.165) is 16.7 Å². The van der Waals surface area contributed by atoms with Gasteiger partial charge in [-0.25, -0.2) is 0 Å². The van der Waals surface area contributed by atoms with E-state index in [4.69, 9.17) is 4.74 Å². The zero-order chi connectivity index (χ0) is 21.8. The molecule has 0 aromatic heterocycles. The molecule has 4 rings (SSSR count). The summed E-state index contributed by atoms with van der Waals surface area (Å²) in [5.41, 5.74) is 3.54. The number of para-hydroxylation sites is 2. The van der Waals surface area contributed by atoms with Crippen molar-refractivity contribution in [2.75, 3.05) is 11.4 Å². The topological polar surface area (TPSA) is 58.6 Å². The van der Waals surface area contributed by atoms with Crippen molar-refractivity contribution in [3.63, 3.8) is 0 Å². The van der Waals surface area contributed by atoms with E-state index in [2.05, 4.69) is 5.32 Å². The van der Waals surface area contributed by atoms with Crippen LogP contribution >= 0.6 is 0 Å².